The minimum atomic E-state index is -2.05. The second-order valence-corrected chi connectivity index (χ2v) is 9.52. The van der Waals surface area contributed by atoms with Crippen LogP contribution in [0.3, 0.4) is 0 Å². The van der Waals surface area contributed by atoms with Crippen molar-refractivity contribution in [2.24, 2.45) is 34.0 Å². The van der Waals surface area contributed by atoms with E-state index >= 15 is 0 Å². The van der Waals surface area contributed by atoms with E-state index in [1.165, 1.54) is 0 Å². The number of carbonyl (C=O) groups excluding carboxylic acids is 1. The smallest absolute Gasteiger partial charge is 0.208 e. The first-order valence-electron chi connectivity index (χ1n) is 9.28. The van der Waals surface area contributed by atoms with Crippen LogP contribution in [0.4, 0.5) is 0 Å². The van der Waals surface area contributed by atoms with Gasteiger partial charge in [-0.2, -0.15) is 0 Å². The fourth-order valence-electron chi connectivity index (χ4n) is 7.41. The molecule has 2 saturated heterocycles. The molecule has 6 rings (SSSR count). The second kappa shape index (κ2) is 4.28. The standard InChI is InChI=1S/C20H26O5/c1-10-11-5-6-12-18-8-4-7-17(2,3)13(18)16(23)20(24,25-9-18)19(12,14(10)21)15(11)22/h4,8,11-13,15-16,22-24H,1,5-7,9H2,2-3H3/t11-,12-,13?,15+,16-,18+,19-,20?/m0/s1. The molecule has 5 fully saturated rings. The minimum absolute atomic E-state index is 0.218. The number of ketones is 1. The van der Waals surface area contributed by atoms with Gasteiger partial charge < -0.3 is 20.1 Å². The van der Waals surface area contributed by atoms with Gasteiger partial charge >= 0.3 is 0 Å². The first kappa shape index (κ1) is 16.2. The van der Waals surface area contributed by atoms with E-state index in [1.807, 2.05) is 0 Å². The van der Waals surface area contributed by atoms with E-state index in [4.69, 9.17) is 4.74 Å². The van der Waals surface area contributed by atoms with Crippen LogP contribution in [0.5, 0.6) is 0 Å². The van der Waals surface area contributed by atoms with Crippen LogP contribution >= 0.6 is 0 Å². The molecular weight excluding hydrogens is 320 g/mol. The van der Waals surface area contributed by atoms with Crippen LogP contribution in [0.2, 0.25) is 0 Å². The van der Waals surface area contributed by atoms with Crippen molar-refractivity contribution < 1.29 is 24.9 Å². The molecule has 0 radical (unpaired) electrons. The van der Waals surface area contributed by atoms with Gasteiger partial charge in [0.05, 0.1) is 12.7 Å². The van der Waals surface area contributed by atoms with Crippen LogP contribution in [0.15, 0.2) is 24.3 Å². The Morgan fingerprint density at radius 1 is 1.24 bits per heavy atom. The zero-order valence-corrected chi connectivity index (χ0v) is 14.7. The van der Waals surface area contributed by atoms with Gasteiger partial charge in [0, 0.05) is 17.3 Å². The molecule has 2 spiro atoms. The van der Waals surface area contributed by atoms with Crippen LogP contribution in [0, 0.1) is 34.0 Å². The summed E-state index contributed by atoms with van der Waals surface area (Å²) in [5.74, 6) is -3.19. The predicted molar refractivity (Wildman–Crippen MR) is 89.2 cm³/mol. The highest BCUT2D eigenvalue weighted by molar-refractivity contribution is 6.05. The molecule has 3 saturated carbocycles. The van der Waals surface area contributed by atoms with Crippen molar-refractivity contribution in [3.63, 3.8) is 0 Å². The number of fused-ring (bicyclic) bond motifs is 2. The van der Waals surface area contributed by atoms with E-state index in [1.54, 1.807) is 0 Å². The lowest BCUT2D eigenvalue weighted by Crippen LogP contribution is -2.83. The topological polar surface area (TPSA) is 87.0 Å². The van der Waals surface area contributed by atoms with E-state index in [9.17, 15) is 20.1 Å². The largest absolute Gasteiger partial charge is 0.391 e. The summed E-state index contributed by atoms with van der Waals surface area (Å²) in [6, 6.07) is 0. The van der Waals surface area contributed by atoms with Gasteiger partial charge in [0.25, 0.3) is 0 Å². The summed E-state index contributed by atoms with van der Waals surface area (Å²) in [6.45, 7) is 8.38. The number of hydrogen-bond donors (Lipinski definition) is 3. The highest BCUT2D eigenvalue weighted by Crippen LogP contribution is 2.75. The molecule has 3 N–H and O–H groups in total. The van der Waals surface area contributed by atoms with Crippen LogP contribution in [-0.4, -0.2) is 45.7 Å². The van der Waals surface area contributed by atoms with Gasteiger partial charge in [-0.3, -0.25) is 4.79 Å². The number of Topliss-reactive ketones (excluding diaryl/α,β-unsaturated/α-hetero) is 1. The van der Waals surface area contributed by atoms with Gasteiger partial charge in [-0.1, -0.05) is 32.6 Å². The lowest BCUT2D eigenvalue weighted by molar-refractivity contribution is -0.436. The molecule has 136 valence electrons. The Labute approximate surface area is 147 Å². The Morgan fingerprint density at radius 3 is 2.68 bits per heavy atom. The van der Waals surface area contributed by atoms with Crippen LogP contribution in [0.25, 0.3) is 0 Å². The van der Waals surface area contributed by atoms with Crippen molar-refractivity contribution in [3.8, 4) is 0 Å². The normalized spacial score (nSPS) is 58.2. The monoisotopic (exact) mass is 346 g/mol. The fraction of sp³-hybridized carbons (Fsp3) is 0.750. The summed E-state index contributed by atoms with van der Waals surface area (Å²) < 4.78 is 5.84. The molecular formula is C20H26O5. The van der Waals surface area contributed by atoms with Gasteiger partial charge in [-0.25, -0.2) is 0 Å². The zero-order chi connectivity index (χ0) is 18.0. The zero-order valence-electron chi connectivity index (χ0n) is 14.7. The molecule has 5 nitrogen and oxygen atoms in total. The third-order valence-electron chi connectivity index (χ3n) is 8.27. The number of rotatable bonds is 0. The average Bonchev–Trinajstić information content (AvgIpc) is 2.66. The average molecular weight is 346 g/mol. The number of allylic oxidation sites excluding steroid dienone is 1. The Bertz CT molecular complexity index is 726. The molecule has 2 unspecified atom stereocenters. The second-order valence-electron chi connectivity index (χ2n) is 9.52. The van der Waals surface area contributed by atoms with Gasteiger partial charge in [0.2, 0.25) is 5.79 Å². The fourth-order valence-corrected chi connectivity index (χ4v) is 7.41. The van der Waals surface area contributed by atoms with E-state index in [-0.39, 0.29) is 35.6 Å². The molecule has 5 heteroatoms. The summed E-state index contributed by atoms with van der Waals surface area (Å²) in [5.41, 5.74) is -1.90. The Kier molecular flexibility index (Phi) is 2.77. The number of aliphatic hydroxyl groups is 3. The van der Waals surface area contributed by atoms with Gasteiger partial charge in [0.1, 0.15) is 11.5 Å². The lowest BCUT2D eigenvalue weighted by Gasteiger charge is -2.72. The van der Waals surface area contributed by atoms with Crippen LogP contribution in [-0.2, 0) is 9.53 Å². The molecule has 4 bridgehead atoms. The summed E-state index contributed by atoms with van der Waals surface area (Å²) in [7, 11) is 0. The molecule has 2 heterocycles. The Morgan fingerprint density at radius 2 is 1.96 bits per heavy atom. The highest BCUT2D eigenvalue weighted by atomic mass is 16.6. The maximum atomic E-state index is 13.3. The van der Waals surface area contributed by atoms with Crippen molar-refractivity contribution in [1.29, 1.82) is 0 Å². The molecule has 0 aromatic carbocycles. The molecule has 2 aliphatic heterocycles. The maximum absolute atomic E-state index is 13.3. The number of carbonyl (C=O) groups is 1. The van der Waals surface area contributed by atoms with E-state index in [0.717, 1.165) is 12.8 Å². The third kappa shape index (κ3) is 1.37. The number of hydrogen-bond acceptors (Lipinski definition) is 5. The lowest BCUT2D eigenvalue weighted by atomic mass is 9.37. The molecule has 6 aliphatic rings. The number of aliphatic hydroxyl groups excluding tert-OH is 2. The molecule has 4 aliphatic carbocycles. The SMILES string of the molecule is C=C1C(=O)[C@]23[C@H](O)[C@H]1CC[C@H]2[C@]12C=CCC(C)(C)C1[C@H](O)C3(O)OC2. The number of ether oxygens (including phenoxy) is 1. The summed E-state index contributed by atoms with van der Waals surface area (Å²) in [5, 5.41) is 33.9. The van der Waals surface area contributed by atoms with E-state index < -0.39 is 28.8 Å². The summed E-state index contributed by atoms with van der Waals surface area (Å²) in [4.78, 5) is 13.3. The molecule has 0 amide bonds. The van der Waals surface area contributed by atoms with E-state index in [0.29, 0.717) is 12.0 Å². The molecule has 25 heavy (non-hydrogen) atoms. The summed E-state index contributed by atoms with van der Waals surface area (Å²) >= 11 is 0. The third-order valence-corrected chi connectivity index (χ3v) is 8.27. The van der Waals surface area contributed by atoms with Crippen molar-refractivity contribution >= 4 is 5.78 Å². The Balaban J connectivity index is 1.82. The molecule has 0 aromatic heterocycles. The van der Waals surface area contributed by atoms with Gasteiger partial charge in [-0.05, 0) is 36.2 Å². The van der Waals surface area contributed by atoms with Crippen molar-refractivity contribution in [2.75, 3.05) is 6.61 Å². The van der Waals surface area contributed by atoms with Crippen LogP contribution < -0.4 is 0 Å². The van der Waals surface area contributed by atoms with Crippen molar-refractivity contribution in [2.45, 2.75) is 51.1 Å². The van der Waals surface area contributed by atoms with Crippen molar-refractivity contribution in [3.05, 3.63) is 24.3 Å². The summed E-state index contributed by atoms with van der Waals surface area (Å²) in [6.07, 6.45) is 4.15. The highest BCUT2D eigenvalue weighted by Gasteiger charge is 2.85. The predicted octanol–water partition coefficient (Wildman–Crippen LogP) is 1.18. The van der Waals surface area contributed by atoms with Gasteiger partial charge in [0.15, 0.2) is 5.78 Å². The van der Waals surface area contributed by atoms with Gasteiger partial charge in [-0.15, -0.1) is 0 Å². The quantitative estimate of drug-likeness (QED) is 0.453. The molecule has 0 aromatic rings. The first-order valence-corrected chi connectivity index (χ1v) is 9.28. The Hall–Kier alpha value is -1.01. The van der Waals surface area contributed by atoms with Crippen molar-refractivity contribution in [1.82, 2.24) is 0 Å². The van der Waals surface area contributed by atoms with Crippen LogP contribution in [0.1, 0.15) is 33.1 Å². The maximum Gasteiger partial charge on any atom is 0.208 e. The first-order chi connectivity index (χ1) is 11.6. The van der Waals surface area contributed by atoms with E-state index in [2.05, 4.69) is 32.6 Å². The molecule has 8 atom stereocenters. The minimum Gasteiger partial charge on any atom is -0.391 e.